The van der Waals surface area contributed by atoms with Crippen molar-refractivity contribution in [3.63, 3.8) is 0 Å². The summed E-state index contributed by atoms with van der Waals surface area (Å²) in [6.45, 7) is 3.47. The average molecular weight is 247 g/mol. The maximum absolute atomic E-state index is 9.73. The van der Waals surface area contributed by atoms with Crippen LogP contribution in [0, 0.1) is 17.2 Å². The van der Waals surface area contributed by atoms with Crippen LogP contribution in [0.5, 0.6) is 0 Å². The van der Waals surface area contributed by atoms with E-state index in [9.17, 15) is 5.26 Å². The fraction of sp³-hybridized carbons (Fsp3) is 0.933. The molecule has 3 atom stereocenters. The minimum absolute atomic E-state index is 0.206. The Balaban J connectivity index is 1.69. The normalized spacial score (nSPS) is 41.3. The zero-order chi connectivity index (χ0) is 12.4. The van der Waals surface area contributed by atoms with Crippen LogP contribution in [0.1, 0.15) is 51.4 Å². The van der Waals surface area contributed by atoms with E-state index in [2.05, 4.69) is 16.3 Å². The van der Waals surface area contributed by atoms with E-state index in [-0.39, 0.29) is 5.54 Å². The Morgan fingerprint density at radius 1 is 1.06 bits per heavy atom. The first-order valence-corrected chi connectivity index (χ1v) is 7.74. The van der Waals surface area contributed by atoms with Crippen LogP contribution >= 0.6 is 0 Å². The zero-order valence-electron chi connectivity index (χ0n) is 11.3. The monoisotopic (exact) mass is 247 g/mol. The molecule has 0 radical (unpaired) electrons. The van der Waals surface area contributed by atoms with Gasteiger partial charge in [0.2, 0.25) is 0 Å². The SMILES string of the molecule is N#CC1(NC2CCCCCC2)CCN2CCC1C2. The lowest BCUT2D eigenvalue weighted by Crippen LogP contribution is -2.58. The van der Waals surface area contributed by atoms with Gasteiger partial charge in [-0.25, -0.2) is 0 Å². The van der Waals surface area contributed by atoms with Gasteiger partial charge in [0.15, 0.2) is 0 Å². The van der Waals surface area contributed by atoms with Crippen molar-refractivity contribution in [1.82, 2.24) is 10.2 Å². The highest BCUT2D eigenvalue weighted by Gasteiger charge is 2.47. The number of nitrogens with zero attached hydrogens (tertiary/aromatic N) is 2. The molecule has 0 aromatic carbocycles. The highest BCUT2D eigenvalue weighted by atomic mass is 15.2. The molecule has 2 bridgehead atoms. The molecule has 3 unspecified atom stereocenters. The third kappa shape index (κ3) is 2.29. The van der Waals surface area contributed by atoms with E-state index in [1.807, 2.05) is 0 Å². The van der Waals surface area contributed by atoms with Crippen LogP contribution in [0.4, 0.5) is 0 Å². The Hall–Kier alpha value is -0.590. The summed E-state index contributed by atoms with van der Waals surface area (Å²) in [5.74, 6) is 0.569. The minimum Gasteiger partial charge on any atom is -0.303 e. The highest BCUT2D eigenvalue weighted by Crippen LogP contribution is 2.36. The Bertz CT molecular complexity index is 327. The smallest absolute Gasteiger partial charge is 0.112 e. The predicted molar refractivity (Wildman–Crippen MR) is 72.1 cm³/mol. The number of fused-ring (bicyclic) bond motifs is 2. The summed E-state index contributed by atoms with van der Waals surface area (Å²) < 4.78 is 0. The first kappa shape index (κ1) is 12.4. The molecule has 100 valence electrons. The summed E-state index contributed by atoms with van der Waals surface area (Å²) in [6, 6.07) is 3.27. The van der Waals surface area contributed by atoms with Gasteiger partial charge in [-0.05, 0) is 32.2 Å². The lowest BCUT2D eigenvalue weighted by Gasteiger charge is -2.40. The second kappa shape index (κ2) is 5.19. The van der Waals surface area contributed by atoms with Crippen LogP contribution in [-0.4, -0.2) is 36.1 Å². The van der Waals surface area contributed by atoms with Crippen LogP contribution in [0.3, 0.4) is 0 Å². The molecule has 2 heterocycles. The highest BCUT2D eigenvalue weighted by molar-refractivity contribution is 5.16. The Labute approximate surface area is 111 Å². The molecule has 0 aromatic rings. The molecule has 2 aliphatic heterocycles. The number of nitriles is 1. The van der Waals surface area contributed by atoms with Gasteiger partial charge >= 0.3 is 0 Å². The van der Waals surface area contributed by atoms with Crippen molar-refractivity contribution < 1.29 is 0 Å². The van der Waals surface area contributed by atoms with Crippen LogP contribution < -0.4 is 5.32 Å². The molecule has 3 aliphatic rings. The summed E-state index contributed by atoms with van der Waals surface area (Å²) in [4.78, 5) is 2.52. The number of rotatable bonds is 2. The molecule has 1 N–H and O–H groups in total. The first-order chi connectivity index (χ1) is 8.82. The van der Waals surface area contributed by atoms with Gasteiger partial charge in [-0.3, -0.25) is 5.32 Å². The fourth-order valence-electron chi connectivity index (χ4n) is 4.13. The Morgan fingerprint density at radius 2 is 1.83 bits per heavy atom. The van der Waals surface area contributed by atoms with Crippen molar-refractivity contribution in [3.8, 4) is 6.07 Å². The molecule has 1 saturated carbocycles. The molecular weight excluding hydrogens is 222 g/mol. The Kier molecular flexibility index (Phi) is 3.59. The van der Waals surface area contributed by atoms with Crippen LogP contribution in [0.25, 0.3) is 0 Å². The molecule has 18 heavy (non-hydrogen) atoms. The molecule has 3 rings (SSSR count). The van der Waals surface area contributed by atoms with Crippen LogP contribution in [0.15, 0.2) is 0 Å². The largest absolute Gasteiger partial charge is 0.303 e. The van der Waals surface area contributed by atoms with E-state index in [1.54, 1.807) is 0 Å². The van der Waals surface area contributed by atoms with E-state index in [0.717, 1.165) is 19.5 Å². The molecule has 0 spiro atoms. The van der Waals surface area contributed by atoms with Crippen molar-refractivity contribution in [3.05, 3.63) is 0 Å². The summed E-state index contributed by atoms with van der Waals surface area (Å²) in [6.07, 6.45) is 10.3. The molecular formula is C15H25N3. The van der Waals surface area contributed by atoms with Crippen LogP contribution in [-0.2, 0) is 0 Å². The van der Waals surface area contributed by atoms with Gasteiger partial charge in [0.25, 0.3) is 0 Å². The predicted octanol–water partition coefficient (Wildman–Crippen LogP) is 2.29. The van der Waals surface area contributed by atoms with E-state index in [4.69, 9.17) is 0 Å². The van der Waals surface area contributed by atoms with E-state index in [0.29, 0.717) is 12.0 Å². The van der Waals surface area contributed by atoms with Gasteiger partial charge in [0, 0.05) is 25.0 Å². The summed E-state index contributed by atoms with van der Waals surface area (Å²) >= 11 is 0. The average Bonchev–Trinajstić information content (AvgIpc) is 2.64. The first-order valence-electron chi connectivity index (χ1n) is 7.74. The van der Waals surface area contributed by atoms with Gasteiger partial charge in [-0.1, -0.05) is 25.7 Å². The van der Waals surface area contributed by atoms with E-state index >= 15 is 0 Å². The van der Waals surface area contributed by atoms with Crippen LogP contribution in [0.2, 0.25) is 0 Å². The topological polar surface area (TPSA) is 39.1 Å². The lowest BCUT2D eigenvalue weighted by molar-refractivity contribution is 0.158. The molecule has 2 saturated heterocycles. The summed E-state index contributed by atoms with van der Waals surface area (Å²) in [5.41, 5.74) is -0.206. The number of hydrogen-bond acceptors (Lipinski definition) is 3. The third-order valence-electron chi connectivity index (χ3n) is 5.31. The number of piperidine rings is 1. The second-order valence-corrected chi connectivity index (χ2v) is 6.45. The van der Waals surface area contributed by atoms with Gasteiger partial charge in [0.05, 0.1) is 6.07 Å². The maximum Gasteiger partial charge on any atom is 0.112 e. The zero-order valence-corrected chi connectivity index (χ0v) is 11.3. The van der Waals surface area contributed by atoms with E-state index in [1.165, 1.54) is 51.5 Å². The number of nitrogens with one attached hydrogen (secondary N) is 1. The van der Waals surface area contributed by atoms with Crippen molar-refractivity contribution >= 4 is 0 Å². The molecule has 0 amide bonds. The third-order valence-corrected chi connectivity index (χ3v) is 5.31. The molecule has 3 nitrogen and oxygen atoms in total. The minimum atomic E-state index is -0.206. The van der Waals surface area contributed by atoms with Gasteiger partial charge in [-0.15, -0.1) is 0 Å². The standard InChI is InChI=1S/C15H25N3/c16-12-15(8-10-18-9-7-13(15)11-18)17-14-5-3-1-2-4-6-14/h13-14,17H,1-11H2. The fourth-order valence-corrected chi connectivity index (χ4v) is 4.13. The van der Waals surface area contributed by atoms with Crippen molar-refractivity contribution in [2.75, 3.05) is 19.6 Å². The second-order valence-electron chi connectivity index (χ2n) is 6.45. The van der Waals surface area contributed by atoms with Gasteiger partial charge < -0.3 is 4.90 Å². The van der Waals surface area contributed by atoms with Crippen molar-refractivity contribution in [1.29, 1.82) is 5.26 Å². The van der Waals surface area contributed by atoms with Crippen molar-refractivity contribution in [2.45, 2.75) is 62.9 Å². The van der Waals surface area contributed by atoms with Crippen molar-refractivity contribution in [2.24, 2.45) is 5.92 Å². The summed E-state index contributed by atoms with van der Waals surface area (Å²) in [7, 11) is 0. The quantitative estimate of drug-likeness (QED) is 0.761. The number of hydrogen-bond donors (Lipinski definition) is 1. The van der Waals surface area contributed by atoms with Gasteiger partial charge in [0.1, 0.15) is 5.54 Å². The molecule has 3 fully saturated rings. The summed E-state index contributed by atoms with van der Waals surface area (Å²) in [5, 5.41) is 13.5. The molecule has 1 aliphatic carbocycles. The molecule has 3 heteroatoms. The Morgan fingerprint density at radius 3 is 2.56 bits per heavy atom. The van der Waals surface area contributed by atoms with Gasteiger partial charge in [-0.2, -0.15) is 5.26 Å². The lowest BCUT2D eigenvalue weighted by atomic mass is 9.79. The van der Waals surface area contributed by atoms with E-state index < -0.39 is 0 Å². The maximum atomic E-state index is 9.73. The molecule has 0 aromatic heterocycles.